The Bertz CT molecular complexity index is 1470. The Hall–Kier alpha value is -2.91. The van der Waals surface area contributed by atoms with Crippen LogP contribution in [0.25, 0.3) is 22.1 Å². The van der Waals surface area contributed by atoms with Gasteiger partial charge in [0.1, 0.15) is 0 Å². The molecule has 2 aromatic heterocycles. The van der Waals surface area contributed by atoms with Gasteiger partial charge in [-0.3, -0.25) is 4.79 Å². The molecule has 7 nitrogen and oxygen atoms in total. The summed E-state index contributed by atoms with van der Waals surface area (Å²) in [4.78, 5) is 30.2. The zero-order valence-electron chi connectivity index (χ0n) is 18.7. The number of aryl methyl sites for hydroxylation is 2. The fourth-order valence-corrected chi connectivity index (χ4v) is 5.04. The number of benzene rings is 2. The number of esters is 1. The summed E-state index contributed by atoms with van der Waals surface area (Å²) in [5.74, 6) is 0.410. The van der Waals surface area contributed by atoms with Crippen molar-refractivity contribution in [2.45, 2.75) is 27.7 Å². The summed E-state index contributed by atoms with van der Waals surface area (Å²) in [6, 6.07) is 7.61. The smallest absolute Gasteiger partial charge is 0.344 e. The molecular formula is C24H23BrN2O5S. The van der Waals surface area contributed by atoms with Crippen LogP contribution in [0.1, 0.15) is 30.5 Å². The predicted octanol–water partition coefficient (Wildman–Crippen LogP) is 4.18. The maximum absolute atomic E-state index is 13.2. The molecule has 0 spiro atoms. The van der Waals surface area contributed by atoms with E-state index in [0.29, 0.717) is 32.1 Å². The Morgan fingerprint density at radius 3 is 2.61 bits per heavy atom. The van der Waals surface area contributed by atoms with Crippen molar-refractivity contribution in [3.63, 3.8) is 0 Å². The SMILES string of the molecule is CCOC(=O)COc1c(Br)cc(/C=c2\sc3nc4cc(C)c(C)cc4n3c2=O)cc1OCC. The van der Waals surface area contributed by atoms with Crippen LogP contribution in [0.5, 0.6) is 11.5 Å². The monoisotopic (exact) mass is 530 g/mol. The van der Waals surface area contributed by atoms with E-state index in [1.165, 1.54) is 11.3 Å². The maximum Gasteiger partial charge on any atom is 0.344 e. The minimum Gasteiger partial charge on any atom is -0.490 e. The summed E-state index contributed by atoms with van der Waals surface area (Å²) in [6.07, 6.45) is 1.80. The molecule has 0 aliphatic heterocycles. The molecular weight excluding hydrogens is 508 g/mol. The van der Waals surface area contributed by atoms with Crippen molar-refractivity contribution in [2.75, 3.05) is 19.8 Å². The van der Waals surface area contributed by atoms with Crippen LogP contribution in [0, 0.1) is 13.8 Å². The third-order valence-corrected chi connectivity index (χ3v) is 6.68. The Kier molecular flexibility index (Phi) is 6.71. The molecule has 0 saturated carbocycles. The standard InChI is InChI=1S/C24H23BrN2O5S/c1-5-30-19-10-15(9-16(25)22(19)32-12-21(28)31-6-2)11-20-23(29)27-18-8-14(4)13(3)7-17(18)26-24(27)33-20/h7-11H,5-6,12H2,1-4H3/b20-11-. The van der Waals surface area contributed by atoms with E-state index in [0.717, 1.165) is 27.7 Å². The van der Waals surface area contributed by atoms with E-state index >= 15 is 0 Å². The van der Waals surface area contributed by atoms with Gasteiger partial charge < -0.3 is 14.2 Å². The molecule has 2 aromatic carbocycles. The minimum atomic E-state index is -0.460. The summed E-state index contributed by atoms with van der Waals surface area (Å²) in [6.45, 7) is 8.12. The molecule has 0 saturated heterocycles. The second kappa shape index (κ2) is 9.52. The number of hydrogen-bond acceptors (Lipinski definition) is 7. The van der Waals surface area contributed by atoms with Crippen LogP contribution in [-0.4, -0.2) is 35.2 Å². The van der Waals surface area contributed by atoms with Gasteiger partial charge >= 0.3 is 5.97 Å². The van der Waals surface area contributed by atoms with Crippen LogP contribution in [-0.2, 0) is 9.53 Å². The molecule has 0 amide bonds. The number of carbonyl (C=O) groups excluding carboxylic acids is 1. The highest BCUT2D eigenvalue weighted by atomic mass is 79.9. The number of aromatic nitrogens is 2. The fraction of sp³-hybridized carbons (Fsp3) is 0.292. The largest absolute Gasteiger partial charge is 0.490 e. The molecule has 0 bridgehead atoms. The first kappa shape index (κ1) is 23.3. The normalized spacial score (nSPS) is 12.0. The van der Waals surface area contributed by atoms with E-state index in [2.05, 4.69) is 20.9 Å². The summed E-state index contributed by atoms with van der Waals surface area (Å²) < 4.78 is 19.1. The highest BCUT2D eigenvalue weighted by Crippen LogP contribution is 2.37. The van der Waals surface area contributed by atoms with E-state index < -0.39 is 5.97 Å². The number of thiazole rings is 1. The van der Waals surface area contributed by atoms with Crippen molar-refractivity contribution in [3.8, 4) is 11.5 Å². The molecule has 4 rings (SSSR count). The topological polar surface area (TPSA) is 79.1 Å². The van der Waals surface area contributed by atoms with Gasteiger partial charge in [-0.25, -0.2) is 14.2 Å². The highest BCUT2D eigenvalue weighted by Gasteiger charge is 2.16. The zero-order chi connectivity index (χ0) is 23.7. The van der Waals surface area contributed by atoms with E-state index in [1.807, 2.05) is 39.0 Å². The molecule has 172 valence electrons. The third kappa shape index (κ3) is 4.60. The van der Waals surface area contributed by atoms with Gasteiger partial charge in [0.25, 0.3) is 5.56 Å². The van der Waals surface area contributed by atoms with Gasteiger partial charge in [-0.2, -0.15) is 0 Å². The number of fused-ring (bicyclic) bond motifs is 3. The zero-order valence-corrected chi connectivity index (χ0v) is 21.1. The van der Waals surface area contributed by atoms with Gasteiger partial charge in [-0.05, 0) is 90.7 Å². The van der Waals surface area contributed by atoms with Crippen LogP contribution < -0.4 is 19.6 Å². The Morgan fingerprint density at radius 2 is 1.88 bits per heavy atom. The lowest BCUT2D eigenvalue weighted by molar-refractivity contribution is -0.145. The predicted molar refractivity (Wildman–Crippen MR) is 133 cm³/mol. The molecule has 4 aromatic rings. The maximum atomic E-state index is 13.2. The molecule has 0 radical (unpaired) electrons. The van der Waals surface area contributed by atoms with Gasteiger partial charge in [0.15, 0.2) is 23.1 Å². The second-order valence-corrected chi connectivity index (χ2v) is 9.29. The lowest BCUT2D eigenvalue weighted by Gasteiger charge is -2.14. The average Bonchev–Trinajstić information content (AvgIpc) is 3.24. The Labute approximate surface area is 202 Å². The van der Waals surface area contributed by atoms with Crippen LogP contribution in [0.4, 0.5) is 0 Å². The van der Waals surface area contributed by atoms with Gasteiger partial charge in [0.05, 0.1) is 33.3 Å². The minimum absolute atomic E-state index is 0.113. The average molecular weight is 531 g/mol. The quantitative estimate of drug-likeness (QED) is 0.333. The number of carbonyl (C=O) groups is 1. The van der Waals surface area contributed by atoms with Crippen molar-refractivity contribution in [3.05, 3.63) is 60.3 Å². The molecule has 0 atom stereocenters. The van der Waals surface area contributed by atoms with E-state index in [1.54, 1.807) is 23.5 Å². The first-order valence-electron chi connectivity index (χ1n) is 10.5. The van der Waals surface area contributed by atoms with Crippen LogP contribution >= 0.6 is 27.3 Å². The molecule has 0 fully saturated rings. The molecule has 0 unspecified atom stereocenters. The van der Waals surface area contributed by atoms with Crippen molar-refractivity contribution in [1.82, 2.24) is 9.38 Å². The lowest BCUT2D eigenvalue weighted by Crippen LogP contribution is -2.22. The summed E-state index contributed by atoms with van der Waals surface area (Å²) in [5, 5.41) is 0. The van der Waals surface area contributed by atoms with Crippen LogP contribution in [0.2, 0.25) is 0 Å². The first-order chi connectivity index (χ1) is 15.8. The van der Waals surface area contributed by atoms with Crippen molar-refractivity contribution in [2.24, 2.45) is 0 Å². The molecule has 9 heteroatoms. The lowest BCUT2D eigenvalue weighted by atomic mass is 10.1. The van der Waals surface area contributed by atoms with Gasteiger partial charge in [-0.1, -0.05) is 11.3 Å². The first-order valence-corrected chi connectivity index (χ1v) is 12.1. The number of imidazole rings is 1. The van der Waals surface area contributed by atoms with E-state index in [-0.39, 0.29) is 18.8 Å². The third-order valence-electron chi connectivity index (χ3n) is 5.12. The number of halogens is 1. The highest BCUT2D eigenvalue weighted by molar-refractivity contribution is 9.10. The van der Waals surface area contributed by atoms with Gasteiger partial charge in [0, 0.05) is 0 Å². The Balaban J connectivity index is 1.76. The summed E-state index contributed by atoms with van der Waals surface area (Å²) in [7, 11) is 0. The van der Waals surface area contributed by atoms with Gasteiger partial charge in [0.2, 0.25) is 0 Å². The van der Waals surface area contributed by atoms with Crippen LogP contribution in [0.15, 0.2) is 33.5 Å². The fourth-order valence-electron chi connectivity index (χ4n) is 3.48. The number of rotatable bonds is 7. The second-order valence-electron chi connectivity index (χ2n) is 7.43. The van der Waals surface area contributed by atoms with Crippen molar-refractivity contribution in [1.29, 1.82) is 0 Å². The van der Waals surface area contributed by atoms with Gasteiger partial charge in [-0.15, -0.1) is 0 Å². The van der Waals surface area contributed by atoms with Crippen LogP contribution in [0.3, 0.4) is 0 Å². The molecule has 0 aliphatic carbocycles. The summed E-state index contributed by atoms with van der Waals surface area (Å²) in [5.41, 5.74) is 4.53. The number of hydrogen-bond donors (Lipinski definition) is 0. The van der Waals surface area contributed by atoms with Crippen molar-refractivity contribution < 1.29 is 19.0 Å². The molecule has 0 N–H and O–H groups in total. The van der Waals surface area contributed by atoms with Crippen molar-refractivity contribution >= 4 is 55.3 Å². The number of nitrogens with zero attached hydrogens (tertiary/aromatic N) is 2. The van der Waals surface area contributed by atoms with E-state index in [4.69, 9.17) is 14.2 Å². The number of ether oxygens (including phenoxy) is 3. The molecule has 0 aliphatic rings. The summed E-state index contributed by atoms with van der Waals surface area (Å²) >= 11 is 4.83. The molecule has 2 heterocycles. The van der Waals surface area contributed by atoms with E-state index in [9.17, 15) is 9.59 Å². The Morgan fingerprint density at radius 1 is 1.12 bits per heavy atom. The molecule has 33 heavy (non-hydrogen) atoms.